The molecule has 0 unspecified atom stereocenters. The Kier molecular flexibility index (Phi) is 7.23. The van der Waals surface area contributed by atoms with E-state index in [1.165, 1.54) is 0 Å². The SMILES string of the molecule is CN(C)C(=O)CN1CCCN(CCCCO)CC1. The highest BCUT2D eigenvalue weighted by molar-refractivity contribution is 5.77. The van der Waals surface area contributed by atoms with Crippen LogP contribution in [0, 0.1) is 0 Å². The number of carbonyl (C=O) groups excluding carboxylic acids is 1. The summed E-state index contributed by atoms with van der Waals surface area (Å²) in [4.78, 5) is 18.0. The van der Waals surface area contributed by atoms with Gasteiger partial charge in [-0.05, 0) is 38.9 Å². The van der Waals surface area contributed by atoms with Gasteiger partial charge in [0.15, 0.2) is 0 Å². The Morgan fingerprint density at radius 2 is 1.78 bits per heavy atom. The standard InChI is InChI=1S/C13H27N3O2/c1-14(2)13(18)12-16-8-5-7-15(9-10-16)6-3-4-11-17/h17H,3-12H2,1-2H3. The van der Waals surface area contributed by atoms with E-state index in [2.05, 4.69) is 9.80 Å². The number of carbonyl (C=O) groups is 1. The minimum Gasteiger partial charge on any atom is -0.396 e. The lowest BCUT2D eigenvalue weighted by atomic mass is 10.3. The van der Waals surface area contributed by atoms with Crippen molar-refractivity contribution in [1.29, 1.82) is 0 Å². The van der Waals surface area contributed by atoms with Gasteiger partial charge in [-0.15, -0.1) is 0 Å². The summed E-state index contributed by atoms with van der Waals surface area (Å²) < 4.78 is 0. The Morgan fingerprint density at radius 3 is 2.44 bits per heavy atom. The Morgan fingerprint density at radius 1 is 1.11 bits per heavy atom. The number of hydrogen-bond acceptors (Lipinski definition) is 4. The van der Waals surface area contributed by atoms with E-state index in [1.807, 2.05) is 0 Å². The topological polar surface area (TPSA) is 47.0 Å². The van der Waals surface area contributed by atoms with Gasteiger partial charge in [0.05, 0.1) is 6.54 Å². The molecule has 0 aromatic heterocycles. The van der Waals surface area contributed by atoms with Crippen molar-refractivity contribution in [2.24, 2.45) is 0 Å². The zero-order valence-corrected chi connectivity index (χ0v) is 11.8. The second-order valence-corrected chi connectivity index (χ2v) is 5.19. The van der Waals surface area contributed by atoms with E-state index in [1.54, 1.807) is 19.0 Å². The van der Waals surface area contributed by atoms with Crippen molar-refractivity contribution in [2.45, 2.75) is 19.3 Å². The molecule has 0 saturated carbocycles. The Labute approximate surface area is 110 Å². The summed E-state index contributed by atoms with van der Waals surface area (Å²) in [6, 6.07) is 0. The number of unbranched alkanes of at least 4 members (excludes halogenated alkanes) is 1. The number of rotatable bonds is 6. The zero-order chi connectivity index (χ0) is 13.4. The predicted molar refractivity (Wildman–Crippen MR) is 72.5 cm³/mol. The van der Waals surface area contributed by atoms with Crippen LogP contribution in [-0.2, 0) is 4.79 Å². The third kappa shape index (κ3) is 5.80. The van der Waals surface area contributed by atoms with Crippen LogP contribution in [0.2, 0.25) is 0 Å². The molecule has 1 fully saturated rings. The van der Waals surface area contributed by atoms with E-state index in [-0.39, 0.29) is 12.5 Å². The van der Waals surface area contributed by atoms with E-state index in [4.69, 9.17) is 5.11 Å². The van der Waals surface area contributed by atoms with Gasteiger partial charge in [-0.2, -0.15) is 0 Å². The molecule has 1 rings (SSSR count). The van der Waals surface area contributed by atoms with Gasteiger partial charge in [-0.1, -0.05) is 0 Å². The molecule has 1 saturated heterocycles. The maximum Gasteiger partial charge on any atom is 0.236 e. The van der Waals surface area contributed by atoms with Gasteiger partial charge in [-0.25, -0.2) is 0 Å². The molecule has 0 aliphatic carbocycles. The molecule has 1 N–H and O–H groups in total. The minimum atomic E-state index is 0.184. The van der Waals surface area contributed by atoms with Crippen molar-refractivity contribution in [3.8, 4) is 0 Å². The highest BCUT2D eigenvalue weighted by Gasteiger charge is 2.17. The molecular formula is C13H27N3O2. The molecule has 5 nitrogen and oxygen atoms in total. The van der Waals surface area contributed by atoms with Crippen LogP contribution in [0.1, 0.15) is 19.3 Å². The molecule has 18 heavy (non-hydrogen) atoms. The second-order valence-electron chi connectivity index (χ2n) is 5.19. The Bertz CT molecular complexity index is 246. The fourth-order valence-corrected chi connectivity index (χ4v) is 2.19. The molecular weight excluding hydrogens is 230 g/mol. The van der Waals surface area contributed by atoms with E-state index >= 15 is 0 Å². The number of amides is 1. The number of hydrogen-bond donors (Lipinski definition) is 1. The van der Waals surface area contributed by atoms with E-state index in [0.29, 0.717) is 6.54 Å². The number of likely N-dealkylation sites (N-methyl/N-ethyl adjacent to an activating group) is 1. The molecule has 0 aromatic rings. The van der Waals surface area contributed by atoms with Crippen LogP contribution in [0.15, 0.2) is 0 Å². The molecule has 0 atom stereocenters. The fourth-order valence-electron chi connectivity index (χ4n) is 2.19. The van der Waals surface area contributed by atoms with Crippen LogP contribution >= 0.6 is 0 Å². The zero-order valence-electron chi connectivity index (χ0n) is 11.8. The lowest BCUT2D eigenvalue weighted by Gasteiger charge is -2.22. The maximum absolute atomic E-state index is 11.7. The summed E-state index contributed by atoms with van der Waals surface area (Å²) in [5, 5.41) is 8.78. The monoisotopic (exact) mass is 257 g/mol. The summed E-state index contributed by atoms with van der Waals surface area (Å²) in [5.74, 6) is 0.184. The van der Waals surface area contributed by atoms with E-state index in [0.717, 1.165) is 52.0 Å². The van der Waals surface area contributed by atoms with Crippen molar-refractivity contribution in [3.05, 3.63) is 0 Å². The summed E-state index contributed by atoms with van der Waals surface area (Å²) in [6.07, 6.45) is 3.08. The van der Waals surface area contributed by atoms with E-state index in [9.17, 15) is 4.79 Å². The fraction of sp³-hybridized carbons (Fsp3) is 0.923. The van der Waals surface area contributed by atoms with Crippen LogP contribution in [0.4, 0.5) is 0 Å². The van der Waals surface area contributed by atoms with Crippen molar-refractivity contribution in [2.75, 3.05) is 60.0 Å². The molecule has 1 heterocycles. The van der Waals surface area contributed by atoms with E-state index < -0.39 is 0 Å². The van der Waals surface area contributed by atoms with Gasteiger partial charge < -0.3 is 14.9 Å². The quantitative estimate of drug-likeness (QED) is 0.673. The predicted octanol–water partition coefficient (Wildman–Crippen LogP) is -0.145. The third-order valence-corrected chi connectivity index (χ3v) is 3.42. The number of aliphatic hydroxyl groups is 1. The van der Waals surface area contributed by atoms with Gasteiger partial charge in [0.2, 0.25) is 5.91 Å². The summed E-state index contributed by atoms with van der Waals surface area (Å²) in [5.41, 5.74) is 0. The van der Waals surface area contributed by atoms with Crippen LogP contribution < -0.4 is 0 Å². The Hall–Kier alpha value is -0.650. The van der Waals surface area contributed by atoms with Crippen LogP contribution in [0.3, 0.4) is 0 Å². The number of nitrogens with zero attached hydrogens (tertiary/aromatic N) is 3. The molecule has 106 valence electrons. The Balaban J connectivity index is 2.25. The smallest absolute Gasteiger partial charge is 0.236 e. The lowest BCUT2D eigenvalue weighted by Crippen LogP contribution is -2.38. The first-order chi connectivity index (χ1) is 8.63. The molecule has 5 heteroatoms. The average molecular weight is 257 g/mol. The van der Waals surface area contributed by atoms with Gasteiger partial charge in [0, 0.05) is 33.8 Å². The molecule has 1 amide bonds. The van der Waals surface area contributed by atoms with Crippen molar-refractivity contribution in [3.63, 3.8) is 0 Å². The highest BCUT2D eigenvalue weighted by Crippen LogP contribution is 2.05. The van der Waals surface area contributed by atoms with Crippen molar-refractivity contribution in [1.82, 2.24) is 14.7 Å². The van der Waals surface area contributed by atoms with Gasteiger partial charge in [0.25, 0.3) is 0 Å². The van der Waals surface area contributed by atoms with Crippen LogP contribution in [0.5, 0.6) is 0 Å². The van der Waals surface area contributed by atoms with Gasteiger partial charge >= 0.3 is 0 Å². The molecule has 1 aliphatic rings. The lowest BCUT2D eigenvalue weighted by molar-refractivity contribution is -0.129. The first-order valence-corrected chi connectivity index (χ1v) is 6.89. The van der Waals surface area contributed by atoms with Gasteiger partial charge in [0.1, 0.15) is 0 Å². The maximum atomic E-state index is 11.7. The highest BCUT2D eigenvalue weighted by atomic mass is 16.2. The van der Waals surface area contributed by atoms with Crippen molar-refractivity contribution >= 4 is 5.91 Å². The molecule has 0 spiro atoms. The average Bonchev–Trinajstić information content (AvgIpc) is 2.55. The number of aliphatic hydroxyl groups excluding tert-OH is 1. The first-order valence-electron chi connectivity index (χ1n) is 6.89. The van der Waals surface area contributed by atoms with Crippen LogP contribution in [0.25, 0.3) is 0 Å². The van der Waals surface area contributed by atoms with Crippen molar-refractivity contribution < 1.29 is 9.90 Å². The largest absolute Gasteiger partial charge is 0.396 e. The molecule has 0 aromatic carbocycles. The third-order valence-electron chi connectivity index (χ3n) is 3.42. The minimum absolute atomic E-state index is 0.184. The summed E-state index contributed by atoms with van der Waals surface area (Å²) in [7, 11) is 3.61. The normalized spacial score (nSPS) is 18.6. The first kappa shape index (κ1) is 15.4. The van der Waals surface area contributed by atoms with Crippen LogP contribution in [-0.4, -0.2) is 85.7 Å². The summed E-state index contributed by atoms with van der Waals surface area (Å²) >= 11 is 0. The van der Waals surface area contributed by atoms with Gasteiger partial charge in [-0.3, -0.25) is 9.69 Å². The molecule has 1 aliphatic heterocycles. The summed E-state index contributed by atoms with van der Waals surface area (Å²) in [6.45, 7) is 6.02. The molecule has 0 bridgehead atoms. The second kappa shape index (κ2) is 8.45. The molecule has 0 radical (unpaired) electrons.